The minimum Gasteiger partial charge on any atom is -0.505 e. The lowest BCUT2D eigenvalue weighted by Crippen LogP contribution is -2.29. The predicted octanol–water partition coefficient (Wildman–Crippen LogP) is 5.01. The van der Waals surface area contributed by atoms with Gasteiger partial charge in [-0.05, 0) is 71.6 Å². The van der Waals surface area contributed by atoms with Gasteiger partial charge in [0.25, 0.3) is 0 Å². The average Bonchev–Trinajstić information content (AvgIpc) is 3.61. The van der Waals surface area contributed by atoms with Crippen LogP contribution < -0.4 is 5.32 Å². The number of hydrogen-bond donors (Lipinski definition) is 4. The molecule has 1 unspecified atom stereocenters. The van der Waals surface area contributed by atoms with Crippen molar-refractivity contribution in [1.82, 2.24) is 25.1 Å². The van der Waals surface area contributed by atoms with Crippen LogP contribution in [0.4, 0.5) is 10.1 Å². The first kappa shape index (κ1) is 28.0. The lowest BCUT2D eigenvalue weighted by molar-refractivity contribution is -0.119. The maximum Gasteiger partial charge on any atom is 0.210 e. The van der Waals surface area contributed by atoms with E-state index in [1.54, 1.807) is 11.2 Å². The minimum absolute atomic E-state index is 0.338. The van der Waals surface area contributed by atoms with Crippen molar-refractivity contribution < 1.29 is 18.5 Å². The second-order valence-corrected chi connectivity index (χ2v) is 11.1. The number of imidazole rings is 1. The van der Waals surface area contributed by atoms with Gasteiger partial charge in [-0.15, -0.1) is 0 Å². The van der Waals surface area contributed by atoms with Gasteiger partial charge in [0.15, 0.2) is 17.4 Å². The quantitative estimate of drug-likeness (QED) is 0.211. The molecule has 0 spiro atoms. The number of nitrogens with zero attached hydrogens (tertiary/aromatic N) is 3. The lowest BCUT2D eigenvalue weighted by Gasteiger charge is -2.21. The highest BCUT2D eigenvalue weighted by Crippen LogP contribution is 2.34. The Bertz CT molecular complexity index is 1730. The number of rotatable bonds is 6. The van der Waals surface area contributed by atoms with Crippen LogP contribution in [0, 0.1) is 5.82 Å². The summed E-state index contributed by atoms with van der Waals surface area (Å²) in [5.41, 5.74) is 6.90. The molecule has 1 aliphatic heterocycles. The summed E-state index contributed by atoms with van der Waals surface area (Å²) in [5, 5.41) is 21.1. The molecule has 1 amide bonds. The van der Waals surface area contributed by atoms with Crippen LogP contribution in [0.25, 0.3) is 33.5 Å². The van der Waals surface area contributed by atoms with E-state index in [1.165, 1.54) is 12.1 Å². The van der Waals surface area contributed by atoms with E-state index < -0.39 is 16.6 Å². The van der Waals surface area contributed by atoms with Gasteiger partial charge < -0.3 is 20.3 Å². The van der Waals surface area contributed by atoms with Crippen LogP contribution in [-0.4, -0.2) is 60.6 Å². The molecule has 212 valence electrons. The summed E-state index contributed by atoms with van der Waals surface area (Å²) < 4.78 is 24.9. The molecule has 0 radical (unpaired) electrons. The Balaban J connectivity index is 0.000000259. The van der Waals surface area contributed by atoms with Crippen molar-refractivity contribution in [2.75, 3.05) is 25.2 Å². The number of anilines is 1. The maximum atomic E-state index is 14.0. The number of fused-ring (bicyclic) bond motifs is 2. The summed E-state index contributed by atoms with van der Waals surface area (Å²) in [6.45, 7) is 3.15. The molecular weight excluding hydrogens is 543 g/mol. The van der Waals surface area contributed by atoms with Crippen molar-refractivity contribution in [2.45, 2.75) is 31.2 Å². The number of carbonyl (C=O) groups excluding carboxylic acids is 1. The first-order valence-electron chi connectivity index (χ1n) is 13.2. The molecule has 11 heteroatoms. The number of aromatic hydroxyl groups is 1. The molecule has 0 aliphatic carbocycles. The standard InChI is InChI=1S/C22H20FN5O2.C8H11NOS/c1-2-12-8-20(30)16(23)9-15(12)13-3-4-14-18(7-13)26-27-21(14)22-24-17-5-6-28(11-29)10-19(17)25-22;1-9-7-3-5-8(6-4-7)11(2)10/h3-4,7-9,11,30H,2,5-6,10H2,1H3,(H,24,25)(H,26,27);3-6,9H,1-2H3. The molecule has 4 N–H and O–H groups in total. The number of carbonyl (C=O) groups is 1. The molecule has 1 aliphatic rings. The zero-order valence-corrected chi connectivity index (χ0v) is 23.8. The van der Waals surface area contributed by atoms with Gasteiger partial charge in [-0.2, -0.15) is 5.10 Å². The molecule has 0 bridgehead atoms. The van der Waals surface area contributed by atoms with E-state index in [-0.39, 0.29) is 5.75 Å². The Morgan fingerprint density at radius 2 is 1.95 bits per heavy atom. The summed E-state index contributed by atoms with van der Waals surface area (Å²) in [6, 6.07) is 16.2. The second kappa shape index (κ2) is 11.9. The van der Waals surface area contributed by atoms with Crippen molar-refractivity contribution in [2.24, 2.45) is 0 Å². The molecule has 41 heavy (non-hydrogen) atoms. The Hall–Kier alpha value is -4.51. The molecule has 9 nitrogen and oxygen atoms in total. The monoisotopic (exact) mass is 574 g/mol. The third kappa shape index (κ3) is 5.85. The van der Waals surface area contributed by atoms with Gasteiger partial charge in [0.1, 0.15) is 5.69 Å². The van der Waals surface area contributed by atoms with Gasteiger partial charge in [0, 0.05) is 53.0 Å². The Labute approximate surface area is 239 Å². The molecule has 0 saturated carbocycles. The number of aromatic amines is 2. The van der Waals surface area contributed by atoms with Crippen LogP contribution >= 0.6 is 0 Å². The number of amides is 1. The SMILES string of the molecule is CCc1cc(O)c(F)cc1-c1ccc2c(-c3nc4c([nH]3)CN(C=O)CC4)n[nH]c2c1.CNc1ccc(S(C)=O)cc1. The second-order valence-electron chi connectivity index (χ2n) is 9.71. The van der Waals surface area contributed by atoms with Crippen LogP contribution in [0.5, 0.6) is 5.75 Å². The van der Waals surface area contributed by atoms with Crippen molar-refractivity contribution in [3.63, 3.8) is 0 Å². The fourth-order valence-corrected chi connectivity index (χ4v) is 5.38. The average molecular weight is 575 g/mol. The Morgan fingerprint density at radius 1 is 1.17 bits per heavy atom. The zero-order valence-electron chi connectivity index (χ0n) is 23.0. The largest absolute Gasteiger partial charge is 0.505 e. The van der Waals surface area contributed by atoms with E-state index in [9.17, 15) is 18.5 Å². The van der Waals surface area contributed by atoms with Gasteiger partial charge in [-0.3, -0.25) is 14.1 Å². The molecule has 5 aromatic rings. The minimum atomic E-state index is -0.867. The van der Waals surface area contributed by atoms with Gasteiger partial charge in [0.05, 0.1) is 23.4 Å². The highest BCUT2D eigenvalue weighted by molar-refractivity contribution is 7.84. The summed E-state index contributed by atoms with van der Waals surface area (Å²) in [6.07, 6.45) is 3.91. The number of nitrogens with one attached hydrogen (secondary N) is 3. The van der Waals surface area contributed by atoms with E-state index in [0.29, 0.717) is 37.4 Å². The van der Waals surface area contributed by atoms with Crippen LogP contribution in [0.3, 0.4) is 0 Å². The number of phenolic OH excluding ortho intramolecular Hbond substituents is 1. The number of halogens is 1. The van der Waals surface area contributed by atoms with E-state index in [4.69, 9.17) is 0 Å². The normalized spacial score (nSPS) is 13.3. The lowest BCUT2D eigenvalue weighted by atomic mass is 9.96. The van der Waals surface area contributed by atoms with E-state index >= 15 is 0 Å². The topological polar surface area (TPSA) is 127 Å². The van der Waals surface area contributed by atoms with Crippen LogP contribution in [0.15, 0.2) is 59.5 Å². The first-order chi connectivity index (χ1) is 19.8. The van der Waals surface area contributed by atoms with Gasteiger partial charge in [-0.25, -0.2) is 9.37 Å². The molecule has 1 atom stereocenters. The molecule has 3 aromatic carbocycles. The fourth-order valence-electron chi connectivity index (χ4n) is 4.86. The third-order valence-electron chi connectivity index (χ3n) is 7.14. The van der Waals surface area contributed by atoms with Crippen molar-refractivity contribution in [1.29, 1.82) is 0 Å². The summed E-state index contributed by atoms with van der Waals surface area (Å²) in [5.74, 6) is -0.315. The predicted molar refractivity (Wildman–Crippen MR) is 159 cm³/mol. The zero-order chi connectivity index (χ0) is 29.1. The number of aromatic nitrogens is 4. The van der Waals surface area contributed by atoms with Crippen molar-refractivity contribution in [3.05, 3.63) is 77.4 Å². The summed E-state index contributed by atoms with van der Waals surface area (Å²) in [7, 11) is 0.992. The molecule has 3 heterocycles. The molecule has 6 rings (SSSR count). The summed E-state index contributed by atoms with van der Waals surface area (Å²) in [4.78, 5) is 21.6. The number of H-pyrrole nitrogens is 2. The number of hydrogen-bond acceptors (Lipinski definition) is 6. The highest BCUT2D eigenvalue weighted by Gasteiger charge is 2.21. The number of benzene rings is 3. The molecular formula is C30H31FN6O3S. The molecule has 0 fully saturated rings. The van der Waals surface area contributed by atoms with E-state index in [1.807, 2.05) is 56.4 Å². The Morgan fingerprint density at radius 3 is 2.63 bits per heavy atom. The van der Waals surface area contributed by atoms with Gasteiger partial charge in [0.2, 0.25) is 6.41 Å². The Kier molecular flexibility index (Phi) is 8.16. The summed E-state index contributed by atoms with van der Waals surface area (Å²) >= 11 is 0. The van der Waals surface area contributed by atoms with E-state index in [0.717, 1.165) is 56.0 Å². The third-order valence-corrected chi connectivity index (χ3v) is 8.07. The molecule has 2 aromatic heterocycles. The van der Waals surface area contributed by atoms with E-state index in [2.05, 4.69) is 25.5 Å². The van der Waals surface area contributed by atoms with Crippen molar-refractivity contribution >= 4 is 33.8 Å². The smallest absolute Gasteiger partial charge is 0.210 e. The van der Waals surface area contributed by atoms with Crippen LogP contribution in [0.2, 0.25) is 0 Å². The first-order valence-corrected chi connectivity index (χ1v) is 14.8. The van der Waals surface area contributed by atoms with Gasteiger partial charge in [-0.1, -0.05) is 13.0 Å². The van der Waals surface area contributed by atoms with Crippen LogP contribution in [0.1, 0.15) is 23.9 Å². The van der Waals surface area contributed by atoms with Crippen LogP contribution in [-0.2, 0) is 35.0 Å². The maximum absolute atomic E-state index is 14.0. The molecule has 0 saturated heterocycles. The highest BCUT2D eigenvalue weighted by atomic mass is 32.2. The van der Waals surface area contributed by atoms with Crippen molar-refractivity contribution in [3.8, 4) is 28.4 Å². The number of aryl methyl sites for hydroxylation is 1. The fraction of sp³-hybridized carbons (Fsp3) is 0.233. The number of phenols is 1. The van der Waals surface area contributed by atoms with Gasteiger partial charge >= 0.3 is 0 Å².